The van der Waals surface area contributed by atoms with E-state index in [1.54, 1.807) is 6.26 Å². The largest absolute Gasteiger partial charge is 0.469 e. The van der Waals surface area contributed by atoms with Gasteiger partial charge in [-0.25, -0.2) is 4.68 Å². The molecule has 0 fully saturated rings. The second kappa shape index (κ2) is 6.01. The van der Waals surface area contributed by atoms with Crippen LogP contribution in [0.25, 0.3) is 0 Å². The van der Waals surface area contributed by atoms with Crippen LogP contribution in [0.4, 0.5) is 5.82 Å². The summed E-state index contributed by atoms with van der Waals surface area (Å²) >= 11 is 0. The van der Waals surface area contributed by atoms with Crippen LogP contribution in [0, 0.1) is 5.92 Å². The van der Waals surface area contributed by atoms with Gasteiger partial charge < -0.3 is 20.8 Å². The Kier molecular flexibility index (Phi) is 3.92. The minimum Gasteiger partial charge on any atom is -0.469 e. The van der Waals surface area contributed by atoms with Crippen LogP contribution in [0.5, 0.6) is 0 Å². The summed E-state index contributed by atoms with van der Waals surface area (Å²) in [6, 6.07) is 3.88. The normalized spacial score (nSPS) is 17.2. The molecule has 1 amide bonds. The molecule has 0 saturated heterocycles. The van der Waals surface area contributed by atoms with Crippen LogP contribution >= 0.6 is 0 Å². The summed E-state index contributed by atoms with van der Waals surface area (Å²) in [5.41, 5.74) is 5.77. The van der Waals surface area contributed by atoms with Crippen molar-refractivity contribution in [2.24, 2.45) is 11.7 Å². The summed E-state index contributed by atoms with van der Waals surface area (Å²) in [4.78, 5) is 11.2. The average molecular weight is 289 g/mol. The third-order valence-electron chi connectivity index (χ3n) is 3.66. The molecule has 0 saturated carbocycles. The fraction of sp³-hybridized carbons (Fsp3) is 0.429. The number of aromatic nitrogens is 2. The average Bonchev–Trinajstić information content (AvgIpc) is 3.12. The number of hydrogen-bond donors (Lipinski definition) is 3. The fourth-order valence-electron chi connectivity index (χ4n) is 2.55. The number of nitrogens with two attached hydrogens (primary N) is 1. The third kappa shape index (κ3) is 3.08. The molecule has 4 N–H and O–H groups in total. The monoisotopic (exact) mass is 289 g/mol. The van der Waals surface area contributed by atoms with Crippen LogP contribution in [0.1, 0.15) is 16.1 Å². The van der Waals surface area contributed by atoms with E-state index in [1.165, 1.54) is 6.20 Å². The van der Waals surface area contributed by atoms with Crippen LogP contribution in [-0.2, 0) is 13.0 Å². The molecule has 0 aromatic carbocycles. The summed E-state index contributed by atoms with van der Waals surface area (Å²) < 4.78 is 7.09. The molecule has 0 bridgehead atoms. The Hall–Kier alpha value is -2.28. The predicted octanol–water partition coefficient (Wildman–Crippen LogP) is 0.449. The van der Waals surface area contributed by atoms with Crippen molar-refractivity contribution < 1.29 is 9.21 Å². The zero-order valence-corrected chi connectivity index (χ0v) is 11.7. The van der Waals surface area contributed by atoms with Gasteiger partial charge in [0, 0.05) is 38.5 Å². The minimum absolute atomic E-state index is 0.426. The first-order chi connectivity index (χ1) is 10.2. The van der Waals surface area contributed by atoms with Crippen molar-refractivity contribution in [1.29, 1.82) is 0 Å². The van der Waals surface area contributed by atoms with Crippen molar-refractivity contribution in [3.63, 3.8) is 0 Å². The minimum atomic E-state index is -0.446. The van der Waals surface area contributed by atoms with Crippen molar-refractivity contribution in [2.75, 3.05) is 25.0 Å². The second-order valence-corrected chi connectivity index (χ2v) is 5.23. The number of primary amides is 1. The van der Waals surface area contributed by atoms with Gasteiger partial charge in [0.25, 0.3) is 5.91 Å². The number of carbonyl (C=O) groups is 1. The molecule has 3 heterocycles. The molecule has 0 aliphatic carbocycles. The van der Waals surface area contributed by atoms with Crippen LogP contribution in [0.2, 0.25) is 0 Å². The number of hydrogen-bond acceptors (Lipinski definition) is 5. The van der Waals surface area contributed by atoms with E-state index in [0.717, 1.165) is 44.2 Å². The van der Waals surface area contributed by atoms with Crippen molar-refractivity contribution in [3.05, 3.63) is 35.9 Å². The zero-order chi connectivity index (χ0) is 14.7. The van der Waals surface area contributed by atoms with E-state index in [4.69, 9.17) is 10.2 Å². The molecule has 3 rings (SSSR count). The van der Waals surface area contributed by atoms with E-state index in [0.29, 0.717) is 11.5 Å². The van der Waals surface area contributed by atoms with Crippen LogP contribution in [0.15, 0.2) is 29.0 Å². The maximum Gasteiger partial charge on any atom is 0.254 e. The summed E-state index contributed by atoms with van der Waals surface area (Å²) in [7, 11) is 0. The number of furan rings is 1. The molecule has 0 spiro atoms. The topological polar surface area (TPSA) is 98.1 Å². The van der Waals surface area contributed by atoms with Crippen molar-refractivity contribution >= 4 is 11.7 Å². The maximum atomic E-state index is 11.2. The Balaban J connectivity index is 1.47. The maximum absolute atomic E-state index is 11.2. The number of amides is 1. The molecule has 1 aliphatic heterocycles. The Morgan fingerprint density at radius 2 is 2.52 bits per heavy atom. The second-order valence-electron chi connectivity index (χ2n) is 5.23. The first-order valence-electron chi connectivity index (χ1n) is 7.06. The highest BCUT2D eigenvalue weighted by Gasteiger charge is 2.23. The SMILES string of the molecule is NC(=O)c1cnn2c1NC[C@H](CNCCc1ccco1)C2. The molecular weight excluding hydrogens is 270 g/mol. The van der Waals surface area contributed by atoms with Gasteiger partial charge in [0.05, 0.1) is 12.5 Å². The van der Waals surface area contributed by atoms with Gasteiger partial charge in [-0.1, -0.05) is 0 Å². The quantitative estimate of drug-likeness (QED) is 0.671. The van der Waals surface area contributed by atoms with Gasteiger partial charge >= 0.3 is 0 Å². The zero-order valence-electron chi connectivity index (χ0n) is 11.7. The molecular formula is C14H19N5O2. The van der Waals surface area contributed by atoms with E-state index in [9.17, 15) is 4.79 Å². The van der Waals surface area contributed by atoms with E-state index >= 15 is 0 Å². The van der Waals surface area contributed by atoms with Gasteiger partial charge in [0.2, 0.25) is 0 Å². The highest BCUT2D eigenvalue weighted by molar-refractivity contribution is 5.97. The third-order valence-corrected chi connectivity index (χ3v) is 3.66. The van der Waals surface area contributed by atoms with Gasteiger partial charge in [-0.05, 0) is 12.1 Å². The predicted molar refractivity (Wildman–Crippen MR) is 78.0 cm³/mol. The lowest BCUT2D eigenvalue weighted by molar-refractivity contribution is 0.100. The Morgan fingerprint density at radius 1 is 1.62 bits per heavy atom. The van der Waals surface area contributed by atoms with Crippen LogP contribution < -0.4 is 16.4 Å². The fourth-order valence-corrected chi connectivity index (χ4v) is 2.55. The molecule has 2 aromatic rings. The number of fused-ring (bicyclic) bond motifs is 1. The van der Waals surface area contributed by atoms with Crippen molar-refractivity contribution in [1.82, 2.24) is 15.1 Å². The van der Waals surface area contributed by atoms with Crippen molar-refractivity contribution in [2.45, 2.75) is 13.0 Å². The summed E-state index contributed by atoms with van der Waals surface area (Å²) in [6.07, 6.45) is 4.10. The summed E-state index contributed by atoms with van der Waals surface area (Å²) in [6.45, 7) is 3.35. The lowest BCUT2D eigenvalue weighted by Crippen LogP contribution is -2.36. The molecule has 0 unspecified atom stereocenters. The lowest BCUT2D eigenvalue weighted by atomic mass is 10.1. The molecule has 0 radical (unpaired) electrons. The molecule has 1 atom stereocenters. The van der Waals surface area contributed by atoms with Gasteiger partial charge in [0.15, 0.2) is 0 Å². The summed E-state index contributed by atoms with van der Waals surface area (Å²) in [5, 5.41) is 10.9. The van der Waals surface area contributed by atoms with E-state index in [-0.39, 0.29) is 0 Å². The first kappa shape index (κ1) is 13.7. The van der Waals surface area contributed by atoms with E-state index in [2.05, 4.69) is 15.7 Å². The van der Waals surface area contributed by atoms with Crippen LogP contribution in [0.3, 0.4) is 0 Å². The number of anilines is 1. The number of nitrogens with one attached hydrogen (secondary N) is 2. The summed E-state index contributed by atoms with van der Waals surface area (Å²) in [5.74, 6) is 1.70. The highest BCUT2D eigenvalue weighted by atomic mass is 16.3. The molecule has 21 heavy (non-hydrogen) atoms. The van der Waals surface area contributed by atoms with Crippen molar-refractivity contribution in [3.8, 4) is 0 Å². The van der Waals surface area contributed by atoms with Gasteiger partial charge in [0.1, 0.15) is 17.1 Å². The Labute approximate surface area is 122 Å². The number of rotatable bonds is 6. The van der Waals surface area contributed by atoms with Gasteiger partial charge in [-0.2, -0.15) is 5.10 Å². The van der Waals surface area contributed by atoms with E-state index < -0.39 is 5.91 Å². The Bertz CT molecular complexity index is 605. The standard InChI is InChI=1S/C14H19N5O2/c15-13(20)12-8-18-19-9-10(7-17-14(12)19)6-16-4-3-11-2-1-5-21-11/h1-2,5,8,10,16-17H,3-4,6-7,9H2,(H2,15,20)/t10-/m0/s1. The van der Waals surface area contributed by atoms with Gasteiger partial charge in [-0.15, -0.1) is 0 Å². The molecule has 1 aliphatic rings. The number of nitrogens with zero attached hydrogens (tertiary/aromatic N) is 2. The number of carbonyl (C=O) groups excluding carboxylic acids is 1. The first-order valence-corrected chi connectivity index (χ1v) is 7.06. The lowest BCUT2D eigenvalue weighted by Gasteiger charge is -2.25. The highest BCUT2D eigenvalue weighted by Crippen LogP contribution is 2.20. The molecule has 2 aromatic heterocycles. The molecule has 112 valence electrons. The molecule has 7 nitrogen and oxygen atoms in total. The smallest absolute Gasteiger partial charge is 0.254 e. The van der Waals surface area contributed by atoms with E-state index in [1.807, 2.05) is 16.8 Å². The molecule has 7 heteroatoms. The Morgan fingerprint density at radius 3 is 3.29 bits per heavy atom. The van der Waals surface area contributed by atoms with Crippen LogP contribution in [-0.4, -0.2) is 35.3 Å². The van der Waals surface area contributed by atoms with Gasteiger partial charge in [-0.3, -0.25) is 4.79 Å².